The van der Waals surface area contributed by atoms with Crippen LogP contribution in [0, 0.1) is 3.57 Å². The van der Waals surface area contributed by atoms with Crippen LogP contribution in [0.4, 0.5) is 5.82 Å². The summed E-state index contributed by atoms with van der Waals surface area (Å²) in [5.74, 6) is 0.240. The molecule has 82 valence electrons. The van der Waals surface area contributed by atoms with E-state index in [0.717, 1.165) is 3.57 Å². The Morgan fingerprint density at radius 2 is 2.19 bits per heavy atom. The number of rotatable bonds is 1. The second-order valence-corrected chi connectivity index (χ2v) is 4.71. The highest BCUT2D eigenvalue weighted by molar-refractivity contribution is 14.1. The van der Waals surface area contributed by atoms with Crippen LogP contribution in [-0.2, 0) is 0 Å². The van der Waals surface area contributed by atoms with Crippen LogP contribution in [0.25, 0.3) is 5.69 Å². The quantitative estimate of drug-likeness (QED) is 0.804. The SMILES string of the molecule is Nc1nc(=O)n(-c2cccc(Cl)c2)cc1I. The second-order valence-electron chi connectivity index (χ2n) is 3.11. The van der Waals surface area contributed by atoms with E-state index in [1.54, 1.807) is 30.5 Å². The van der Waals surface area contributed by atoms with Gasteiger partial charge in [0.05, 0.1) is 9.26 Å². The van der Waals surface area contributed by atoms with Crippen LogP contribution in [0.15, 0.2) is 35.3 Å². The predicted octanol–water partition coefficient (Wildman–Crippen LogP) is 2.07. The molecule has 0 bridgehead atoms. The lowest BCUT2D eigenvalue weighted by Crippen LogP contribution is -2.22. The van der Waals surface area contributed by atoms with Crippen LogP contribution in [0.1, 0.15) is 0 Å². The molecule has 0 aliphatic rings. The van der Waals surface area contributed by atoms with Gasteiger partial charge in [-0.1, -0.05) is 17.7 Å². The summed E-state index contributed by atoms with van der Waals surface area (Å²) >= 11 is 7.88. The summed E-state index contributed by atoms with van der Waals surface area (Å²) in [6.07, 6.45) is 1.64. The summed E-state index contributed by atoms with van der Waals surface area (Å²) in [5, 5.41) is 0.566. The summed E-state index contributed by atoms with van der Waals surface area (Å²) in [6.45, 7) is 0. The molecule has 2 N–H and O–H groups in total. The van der Waals surface area contributed by atoms with Crippen molar-refractivity contribution in [2.45, 2.75) is 0 Å². The van der Waals surface area contributed by atoms with E-state index >= 15 is 0 Å². The Bertz CT molecular complexity index is 597. The Morgan fingerprint density at radius 3 is 2.88 bits per heavy atom. The monoisotopic (exact) mass is 347 g/mol. The number of hydrogen-bond acceptors (Lipinski definition) is 3. The van der Waals surface area contributed by atoms with Crippen molar-refractivity contribution in [3.8, 4) is 5.69 Å². The van der Waals surface area contributed by atoms with E-state index in [0.29, 0.717) is 10.7 Å². The molecule has 2 rings (SSSR count). The summed E-state index contributed by atoms with van der Waals surface area (Å²) in [4.78, 5) is 15.3. The van der Waals surface area contributed by atoms with Crippen molar-refractivity contribution in [3.05, 3.63) is 49.5 Å². The van der Waals surface area contributed by atoms with Gasteiger partial charge in [0.25, 0.3) is 0 Å². The van der Waals surface area contributed by atoms with Gasteiger partial charge in [-0.05, 0) is 40.8 Å². The molecular formula is C10H7ClIN3O. The van der Waals surface area contributed by atoms with Gasteiger partial charge < -0.3 is 5.73 Å². The van der Waals surface area contributed by atoms with Crippen LogP contribution >= 0.6 is 34.2 Å². The van der Waals surface area contributed by atoms with Crippen molar-refractivity contribution >= 4 is 40.0 Å². The highest BCUT2D eigenvalue weighted by Crippen LogP contribution is 2.15. The first-order chi connectivity index (χ1) is 7.58. The fraction of sp³-hybridized carbons (Fsp3) is 0. The number of hydrogen-bond donors (Lipinski definition) is 1. The minimum absolute atomic E-state index is 0.240. The maximum atomic E-state index is 11.6. The van der Waals surface area contributed by atoms with Crippen molar-refractivity contribution < 1.29 is 0 Å². The maximum Gasteiger partial charge on any atom is 0.354 e. The van der Waals surface area contributed by atoms with E-state index in [1.807, 2.05) is 22.6 Å². The molecular weight excluding hydrogens is 340 g/mol. The van der Waals surface area contributed by atoms with Crippen molar-refractivity contribution in [3.63, 3.8) is 0 Å². The van der Waals surface area contributed by atoms with Crippen molar-refractivity contribution in [1.82, 2.24) is 9.55 Å². The van der Waals surface area contributed by atoms with Gasteiger partial charge in [-0.25, -0.2) is 4.79 Å². The van der Waals surface area contributed by atoms with Crippen molar-refractivity contribution in [2.24, 2.45) is 0 Å². The summed E-state index contributed by atoms with van der Waals surface area (Å²) in [5.41, 5.74) is 5.79. The standard InChI is InChI=1S/C10H7ClIN3O/c11-6-2-1-3-7(4-6)15-5-8(12)9(13)14-10(15)16/h1-5H,(H2,13,14,16). The molecule has 0 fully saturated rings. The van der Waals surface area contributed by atoms with Crippen LogP contribution < -0.4 is 11.4 Å². The van der Waals surface area contributed by atoms with E-state index < -0.39 is 5.69 Å². The largest absolute Gasteiger partial charge is 0.383 e. The molecule has 1 heterocycles. The van der Waals surface area contributed by atoms with E-state index in [1.165, 1.54) is 4.57 Å². The zero-order chi connectivity index (χ0) is 11.7. The van der Waals surface area contributed by atoms with E-state index in [4.69, 9.17) is 17.3 Å². The van der Waals surface area contributed by atoms with Crippen LogP contribution in [-0.4, -0.2) is 9.55 Å². The Labute approximate surface area is 110 Å². The van der Waals surface area contributed by atoms with Crippen LogP contribution in [0.3, 0.4) is 0 Å². The molecule has 1 aromatic heterocycles. The van der Waals surface area contributed by atoms with Gasteiger partial charge >= 0.3 is 5.69 Å². The van der Waals surface area contributed by atoms with Gasteiger partial charge in [0.15, 0.2) is 0 Å². The van der Waals surface area contributed by atoms with Gasteiger partial charge in [0.2, 0.25) is 0 Å². The summed E-state index contributed by atoms with van der Waals surface area (Å²) < 4.78 is 2.13. The first-order valence-corrected chi connectivity index (χ1v) is 5.84. The molecule has 0 saturated carbocycles. The van der Waals surface area contributed by atoms with Gasteiger partial charge in [-0.2, -0.15) is 4.98 Å². The highest BCUT2D eigenvalue weighted by atomic mass is 127. The summed E-state index contributed by atoms with van der Waals surface area (Å²) in [6, 6.07) is 6.98. The predicted molar refractivity (Wildman–Crippen MR) is 72.0 cm³/mol. The number of nitrogen functional groups attached to an aromatic ring is 1. The topological polar surface area (TPSA) is 60.9 Å². The van der Waals surface area contributed by atoms with Gasteiger partial charge in [0, 0.05) is 11.2 Å². The number of benzene rings is 1. The Hall–Kier alpha value is -1.08. The summed E-state index contributed by atoms with van der Waals surface area (Å²) in [7, 11) is 0. The fourth-order valence-corrected chi connectivity index (χ4v) is 1.84. The van der Waals surface area contributed by atoms with Crippen LogP contribution in [0.5, 0.6) is 0 Å². The van der Waals surface area contributed by atoms with Gasteiger partial charge in [-0.3, -0.25) is 4.57 Å². The molecule has 0 aliphatic carbocycles. The normalized spacial score (nSPS) is 10.4. The Morgan fingerprint density at radius 1 is 1.44 bits per heavy atom. The minimum atomic E-state index is -0.416. The molecule has 0 spiro atoms. The van der Waals surface area contributed by atoms with E-state index in [9.17, 15) is 4.79 Å². The lowest BCUT2D eigenvalue weighted by atomic mass is 10.3. The molecule has 0 radical (unpaired) electrons. The molecule has 0 atom stereocenters. The van der Waals surface area contributed by atoms with Crippen LogP contribution in [0.2, 0.25) is 5.02 Å². The first-order valence-electron chi connectivity index (χ1n) is 4.38. The van der Waals surface area contributed by atoms with Crippen molar-refractivity contribution in [1.29, 1.82) is 0 Å². The average molecular weight is 348 g/mol. The average Bonchev–Trinajstić information content (AvgIpc) is 2.23. The molecule has 4 nitrogen and oxygen atoms in total. The van der Waals surface area contributed by atoms with Gasteiger partial charge in [0.1, 0.15) is 5.82 Å². The molecule has 0 amide bonds. The molecule has 16 heavy (non-hydrogen) atoms. The fourth-order valence-electron chi connectivity index (χ4n) is 1.26. The molecule has 1 aromatic carbocycles. The zero-order valence-electron chi connectivity index (χ0n) is 8.02. The second kappa shape index (κ2) is 4.42. The van der Waals surface area contributed by atoms with E-state index in [2.05, 4.69) is 4.98 Å². The first kappa shape index (κ1) is 11.4. The zero-order valence-corrected chi connectivity index (χ0v) is 10.9. The third-order valence-electron chi connectivity index (χ3n) is 2.00. The number of anilines is 1. The third kappa shape index (κ3) is 2.19. The molecule has 6 heteroatoms. The minimum Gasteiger partial charge on any atom is -0.383 e. The number of halogens is 2. The number of nitrogens with two attached hydrogens (primary N) is 1. The van der Waals surface area contributed by atoms with Crippen molar-refractivity contribution in [2.75, 3.05) is 5.73 Å². The third-order valence-corrected chi connectivity index (χ3v) is 3.06. The lowest BCUT2D eigenvalue weighted by molar-refractivity contribution is 0.912. The number of nitrogens with zero attached hydrogens (tertiary/aromatic N) is 2. The van der Waals surface area contributed by atoms with E-state index in [-0.39, 0.29) is 5.82 Å². The highest BCUT2D eigenvalue weighted by Gasteiger charge is 2.05. The lowest BCUT2D eigenvalue weighted by Gasteiger charge is -2.06. The maximum absolute atomic E-state index is 11.6. The number of aromatic nitrogens is 2. The van der Waals surface area contributed by atoms with Gasteiger partial charge in [-0.15, -0.1) is 0 Å². The Kier molecular flexibility index (Phi) is 3.15. The molecule has 0 saturated heterocycles. The molecule has 0 aliphatic heterocycles. The molecule has 0 unspecified atom stereocenters. The molecule has 2 aromatic rings. The Balaban J connectivity index is 2.65. The smallest absolute Gasteiger partial charge is 0.354 e.